The highest BCUT2D eigenvalue weighted by Crippen LogP contribution is 2.17. The third-order valence-electron chi connectivity index (χ3n) is 3.08. The van der Waals surface area contributed by atoms with Crippen LogP contribution in [0.25, 0.3) is 0 Å². The van der Waals surface area contributed by atoms with Gasteiger partial charge in [-0.3, -0.25) is 0 Å². The van der Waals surface area contributed by atoms with Gasteiger partial charge >= 0.3 is 6.03 Å². The highest BCUT2D eigenvalue weighted by Gasteiger charge is 2.24. The van der Waals surface area contributed by atoms with Crippen LogP contribution in [0.3, 0.4) is 0 Å². The Balaban J connectivity index is 2.79. The second-order valence-electron chi connectivity index (χ2n) is 5.50. The number of urea groups is 1. The van der Waals surface area contributed by atoms with Gasteiger partial charge in [-0.25, -0.2) is 4.79 Å². The number of rotatable bonds is 7. The van der Waals surface area contributed by atoms with Crippen molar-refractivity contribution < 1.29 is 19.1 Å². The molecule has 6 heteroatoms. The predicted octanol–water partition coefficient (Wildman–Crippen LogP) is 2.08. The van der Waals surface area contributed by atoms with Crippen LogP contribution in [0.5, 0.6) is 0 Å². The lowest BCUT2D eigenvalue weighted by Gasteiger charge is -2.29. The van der Waals surface area contributed by atoms with Gasteiger partial charge in [0.25, 0.3) is 0 Å². The number of carbonyl (C=O) groups excluding carboxylic acids is 1. The molecule has 1 rings (SSSR count). The van der Waals surface area contributed by atoms with E-state index in [4.69, 9.17) is 9.15 Å². The molecule has 6 nitrogen and oxygen atoms in total. The monoisotopic (exact) mass is 298 g/mol. The number of amides is 2. The van der Waals surface area contributed by atoms with E-state index in [2.05, 4.69) is 5.32 Å². The Morgan fingerprint density at radius 2 is 2.10 bits per heavy atom. The highest BCUT2D eigenvalue weighted by molar-refractivity contribution is 5.75. The summed E-state index contributed by atoms with van der Waals surface area (Å²) >= 11 is 0. The van der Waals surface area contributed by atoms with Crippen molar-refractivity contribution in [1.29, 1.82) is 0 Å². The SMILES string of the molecule is COCC(NC(=O)N(CC(C)O)C(C)C)c1ccc(C)o1. The number of carbonyl (C=O) groups is 1. The first-order chi connectivity index (χ1) is 9.85. The number of ether oxygens (including phenoxy) is 1. The molecule has 0 aromatic carbocycles. The van der Waals surface area contributed by atoms with E-state index in [0.717, 1.165) is 5.76 Å². The minimum absolute atomic E-state index is 0.0128. The lowest BCUT2D eigenvalue weighted by atomic mass is 10.2. The normalized spacial score (nSPS) is 14.0. The molecule has 1 aromatic rings. The summed E-state index contributed by atoms with van der Waals surface area (Å²) in [6, 6.07) is 3.06. The predicted molar refractivity (Wildman–Crippen MR) is 80.1 cm³/mol. The summed E-state index contributed by atoms with van der Waals surface area (Å²) in [4.78, 5) is 14.0. The third kappa shape index (κ3) is 5.40. The van der Waals surface area contributed by atoms with E-state index in [1.165, 1.54) is 0 Å². The van der Waals surface area contributed by atoms with Crippen LogP contribution >= 0.6 is 0 Å². The molecular formula is C15H26N2O4. The molecule has 0 aliphatic rings. The van der Waals surface area contributed by atoms with Crippen molar-refractivity contribution in [3.05, 3.63) is 23.7 Å². The molecule has 0 bridgehead atoms. The molecule has 2 amide bonds. The van der Waals surface area contributed by atoms with E-state index in [0.29, 0.717) is 12.4 Å². The maximum absolute atomic E-state index is 12.4. The van der Waals surface area contributed by atoms with Gasteiger partial charge in [-0.2, -0.15) is 0 Å². The third-order valence-corrected chi connectivity index (χ3v) is 3.08. The van der Waals surface area contributed by atoms with Crippen LogP contribution in [0, 0.1) is 6.92 Å². The summed E-state index contributed by atoms with van der Waals surface area (Å²) in [6.07, 6.45) is -0.579. The van der Waals surface area contributed by atoms with E-state index < -0.39 is 6.10 Å². The Kier molecular flexibility index (Phi) is 6.71. The summed E-state index contributed by atoms with van der Waals surface area (Å²) in [6.45, 7) is 7.92. The molecule has 0 spiro atoms. The molecule has 2 N–H and O–H groups in total. The van der Waals surface area contributed by atoms with Crippen molar-refractivity contribution in [3.8, 4) is 0 Å². The van der Waals surface area contributed by atoms with Crippen LogP contribution in [0.15, 0.2) is 16.5 Å². The highest BCUT2D eigenvalue weighted by atomic mass is 16.5. The fourth-order valence-corrected chi connectivity index (χ4v) is 2.05. The second kappa shape index (κ2) is 8.05. The minimum atomic E-state index is -0.579. The number of methoxy groups -OCH3 is 1. The number of hydrogen-bond acceptors (Lipinski definition) is 4. The summed E-state index contributed by atoms with van der Waals surface area (Å²) in [5, 5.41) is 12.4. The summed E-state index contributed by atoms with van der Waals surface area (Å²) < 4.78 is 10.7. The second-order valence-corrected chi connectivity index (χ2v) is 5.50. The average molecular weight is 298 g/mol. The smallest absolute Gasteiger partial charge is 0.318 e. The Labute approximate surface area is 126 Å². The largest absolute Gasteiger partial charge is 0.464 e. The number of aryl methyl sites for hydroxylation is 1. The van der Waals surface area contributed by atoms with Crippen molar-refractivity contribution in [1.82, 2.24) is 10.2 Å². The Hall–Kier alpha value is -1.53. The van der Waals surface area contributed by atoms with Gasteiger partial charge < -0.3 is 24.5 Å². The summed E-state index contributed by atoms with van der Waals surface area (Å²) in [7, 11) is 1.57. The van der Waals surface area contributed by atoms with Crippen molar-refractivity contribution >= 4 is 6.03 Å². The van der Waals surface area contributed by atoms with E-state index in [1.54, 1.807) is 18.9 Å². The van der Waals surface area contributed by atoms with Crippen molar-refractivity contribution in [2.75, 3.05) is 20.3 Å². The van der Waals surface area contributed by atoms with Crippen LogP contribution in [-0.4, -0.2) is 48.4 Å². The summed E-state index contributed by atoms with van der Waals surface area (Å²) in [5.41, 5.74) is 0. The topological polar surface area (TPSA) is 74.9 Å². The standard InChI is InChI=1S/C15H26N2O4/c1-10(2)17(8-11(3)18)15(19)16-13(9-20-5)14-7-6-12(4)21-14/h6-7,10-11,13,18H,8-9H2,1-5H3,(H,16,19). The zero-order valence-electron chi connectivity index (χ0n) is 13.4. The van der Waals surface area contributed by atoms with Crippen molar-refractivity contribution in [3.63, 3.8) is 0 Å². The number of hydrogen-bond donors (Lipinski definition) is 2. The molecule has 0 saturated carbocycles. The molecule has 21 heavy (non-hydrogen) atoms. The fourth-order valence-electron chi connectivity index (χ4n) is 2.05. The lowest BCUT2D eigenvalue weighted by molar-refractivity contribution is 0.109. The van der Waals surface area contributed by atoms with Crippen LogP contribution < -0.4 is 5.32 Å². The first-order valence-corrected chi connectivity index (χ1v) is 7.15. The zero-order chi connectivity index (χ0) is 16.0. The Morgan fingerprint density at radius 3 is 2.52 bits per heavy atom. The number of nitrogens with zero attached hydrogens (tertiary/aromatic N) is 1. The fraction of sp³-hybridized carbons (Fsp3) is 0.667. The van der Waals surface area contributed by atoms with Gasteiger partial charge in [0.15, 0.2) is 0 Å². The van der Waals surface area contributed by atoms with Gasteiger partial charge in [-0.15, -0.1) is 0 Å². The van der Waals surface area contributed by atoms with Crippen molar-refractivity contribution in [2.24, 2.45) is 0 Å². The van der Waals surface area contributed by atoms with Crippen molar-refractivity contribution in [2.45, 2.75) is 45.9 Å². The Morgan fingerprint density at radius 1 is 1.43 bits per heavy atom. The van der Waals surface area contributed by atoms with E-state index in [9.17, 15) is 9.90 Å². The maximum atomic E-state index is 12.4. The number of aliphatic hydroxyl groups is 1. The van der Waals surface area contributed by atoms with Gasteiger partial charge in [0.2, 0.25) is 0 Å². The Bertz CT molecular complexity index is 443. The molecule has 0 fully saturated rings. The lowest BCUT2D eigenvalue weighted by Crippen LogP contribution is -2.48. The van der Waals surface area contributed by atoms with E-state index in [-0.39, 0.29) is 24.7 Å². The maximum Gasteiger partial charge on any atom is 0.318 e. The molecule has 120 valence electrons. The molecule has 2 atom stereocenters. The first-order valence-electron chi connectivity index (χ1n) is 7.15. The minimum Gasteiger partial charge on any atom is -0.464 e. The summed E-state index contributed by atoms with van der Waals surface area (Å²) in [5.74, 6) is 1.44. The number of furan rings is 1. The molecule has 0 aliphatic heterocycles. The van der Waals surface area contributed by atoms with Gasteiger partial charge in [-0.1, -0.05) is 0 Å². The van der Waals surface area contributed by atoms with Gasteiger partial charge in [0, 0.05) is 19.7 Å². The molecule has 1 heterocycles. The number of nitrogens with one attached hydrogen (secondary N) is 1. The van der Waals surface area contributed by atoms with E-state index in [1.807, 2.05) is 32.9 Å². The molecule has 1 aromatic heterocycles. The van der Waals surface area contributed by atoms with Gasteiger partial charge in [0.1, 0.15) is 17.6 Å². The van der Waals surface area contributed by atoms with Crippen LogP contribution in [-0.2, 0) is 4.74 Å². The van der Waals surface area contributed by atoms with Crippen LogP contribution in [0.2, 0.25) is 0 Å². The molecular weight excluding hydrogens is 272 g/mol. The van der Waals surface area contributed by atoms with Crippen LogP contribution in [0.1, 0.15) is 38.3 Å². The van der Waals surface area contributed by atoms with Gasteiger partial charge in [-0.05, 0) is 39.8 Å². The molecule has 0 radical (unpaired) electrons. The molecule has 0 saturated heterocycles. The van der Waals surface area contributed by atoms with Gasteiger partial charge in [0.05, 0.1) is 12.7 Å². The van der Waals surface area contributed by atoms with E-state index >= 15 is 0 Å². The molecule has 0 aliphatic carbocycles. The first kappa shape index (κ1) is 17.5. The number of aliphatic hydroxyl groups excluding tert-OH is 1. The van der Waals surface area contributed by atoms with Crippen LogP contribution in [0.4, 0.5) is 4.79 Å². The average Bonchev–Trinajstić information content (AvgIpc) is 2.81. The quantitative estimate of drug-likeness (QED) is 0.808. The molecule has 2 unspecified atom stereocenters. The zero-order valence-corrected chi connectivity index (χ0v) is 13.4.